The Hall–Kier alpha value is -1.40. The van der Waals surface area contributed by atoms with Crippen molar-refractivity contribution in [1.82, 2.24) is 4.90 Å². The van der Waals surface area contributed by atoms with E-state index in [4.69, 9.17) is 14.6 Å². The van der Waals surface area contributed by atoms with Crippen molar-refractivity contribution in [2.45, 2.75) is 32.1 Å². The van der Waals surface area contributed by atoms with Crippen LogP contribution in [0.3, 0.4) is 0 Å². The number of morpholine rings is 1. The fourth-order valence-electron chi connectivity index (χ4n) is 2.15. The molecule has 1 saturated heterocycles. The molecule has 1 heterocycles. The van der Waals surface area contributed by atoms with Crippen molar-refractivity contribution in [2.24, 2.45) is 0 Å². The molecule has 21 heavy (non-hydrogen) atoms. The number of rotatable bonds is 10. The molecule has 1 rings (SSSR count). The van der Waals surface area contributed by atoms with Crippen LogP contribution in [0.4, 0.5) is 0 Å². The maximum atomic E-state index is 11.1. The Bertz CT molecular complexity index is 337. The first-order valence-electron chi connectivity index (χ1n) is 7.56. The number of aliphatic carboxylic acids is 1. The summed E-state index contributed by atoms with van der Waals surface area (Å²) in [4.78, 5) is 23.7. The van der Waals surface area contributed by atoms with Gasteiger partial charge in [0, 0.05) is 25.2 Å². The van der Waals surface area contributed by atoms with Crippen LogP contribution in [0.2, 0.25) is 0 Å². The average Bonchev–Trinajstić information content (AvgIpc) is 2.49. The molecular formula is C15H25NO5. The zero-order valence-corrected chi connectivity index (χ0v) is 12.5. The number of carbonyl (C=O) groups is 2. The van der Waals surface area contributed by atoms with Crippen molar-refractivity contribution >= 4 is 11.9 Å². The second-order valence-electron chi connectivity index (χ2n) is 5.06. The largest absolute Gasteiger partial charge is 0.478 e. The number of nitrogens with zero attached hydrogens (tertiary/aromatic N) is 1. The van der Waals surface area contributed by atoms with Crippen LogP contribution in [0.1, 0.15) is 32.1 Å². The van der Waals surface area contributed by atoms with E-state index in [1.54, 1.807) is 0 Å². The lowest BCUT2D eigenvalue weighted by Crippen LogP contribution is -2.36. The van der Waals surface area contributed by atoms with Crippen molar-refractivity contribution in [3.63, 3.8) is 0 Å². The lowest BCUT2D eigenvalue weighted by Gasteiger charge is -2.26. The first-order valence-corrected chi connectivity index (χ1v) is 7.56. The van der Waals surface area contributed by atoms with Crippen LogP contribution in [0.25, 0.3) is 0 Å². The minimum absolute atomic E-state index is 0.353. The number of carbonyl (C=O) groups excluding carboxylic acids is 1. The summed E-state index contributed by atoms with van der Waals surface area (Å²) in [7, 11) is 0. The van der Waals surface area contributed by atoms with E-state index in [9.17, 15) is 9.59 Å². The first-order chi connectivity index (χ1) is 10.2. The highest BCUT2D eigenvalue weighted by molar-refractivity contribution is 5.90. The van der Waals surface area contributed by atoms with Crippen LogP contribution in [0.5, 0.6) is 0 Å². The van der Waals surface area contributed by atoms with Gasteiger partial charge in [-0.25, -0.2) is 9.59 Å². The van der Waals surface area contributed by atoms with Crippen LogP contribution in [0, 0.1) is 0 Å². The van der Waals surface area contributed by atoms with Crippen molar-refractivity contribution in [1.29, 1.82) is 0 Å². The Labute approximate surface area is 125 Å². The molecule has 0 unspecified atom stereocenters. The third kappa shape index (κ3) is 10.0. The Morgan fingerprint density at radius 3 is 2.43 bits per heavy atom. The van der Waals surface area contributed by atoms with Gasteiger partial charge in [0.25, 0.3) is 0 Å². The van der Waals surface area contributed by atoms with E-state index in [0.29, 0.717) is 6.61 Å². The summed E-state index contributed by atoms with van der Waals surface area (Å²) in [6.07, 6.45) is 7.08. The van der Waals surface area contributed by atoms with Gasteiger partial charge in [-0.1, -0.05) is 19.3 Å². The van der Waals surface area contributed by atoms with Gasteiger partial charge < -0.3 is 14.6 Å². The molecular weight excluding hydrogens is 274 g/mol. The molecule has 0 spiro atoms. The van der Waals surface area contributed by atoms with Gasteiger partial charge in [0.05, 0.1) is 19.8 Å². The molecule has 0 atom stereocenters. The third-order valence-electron chi connectivity index (χ3n) is 3.33. The Morgan fingerprint density at radius 2 is 1.71 bits per heavy atom. The maximum Gasteiger partial charge on any atom is 0.331 e. The number of hydrogen-bond acceptors (Lipinski definition) is 5. The van der Waals surface area contributed by atoms with E-state index >= 15 is 0 Å². The van der Waals surface area contributed by atoms with E-state index in [-0.39, 0.29) is 0 Å². The van der Waals surface area contributed by atoms with Gasteiger partial charge in [-0.3, -0.25) is 4.90 Å². The van der Waals surface area contributed by atoms with Crippen molar-refractivity contribution in [3.8, 4) is 0 Å². The second-order valence-corrected chi connectivity index (χ2v) is 5.06. The number of ether oxygens (including phenoxy) is 2. The maximum absolute atomic E-state index is 11.1. The summed E-state index contributed by atoms with van der Waals surface area (Å²) in [6.45, 7) is 5.27. The SMILES string of the molecule is O=C(O)C=CC(=O)OCCCCCCCN1CCOCC1. The fraction of sp³-hybridized carbons (Fsp3) is 0.733. The zero-order valence-electron chi connectivity index (χ0n) is 12.5. The number of unbranched alkanes of at least 4 members (excludes halogenated alkanes) is 4. The van der Waals surface area contributed by atoms with E-state index in [1.165, 1.54) is 12.8 Å². The first kappa shape index (κ1) is 17.7. The molecule has 6 nitrogen and oxygen atoms in total. The number of carboxylic acid groups (broad SMARTS) is 1. The van der Waals surface area contributed by atoms with E-state index in [0.717, 1.165) is 64.3 Å². The highest BCUT2D eigenvalue weighted by atomic mass is 16.5. The van der Waals surface area contributed by atoms with E-state index in [1.807, 2.05) is 0 Å². The lowest BCUT2D eigenvalue weighted by molar-refractivity contribution is -0.138. The van der Waals surface area contributed by atoms with Gasteiger partial charge in [-0.2, -0.15) is 0 Å². The van der Waals surface area contributed by atoms with Gasteiger partial charge in [-0.05, 0) is 19.4 Å². The molecule has 0 saturated carbocycles. The summed E-state index contributed by atoms with van der Waals surface area (Å²) in [5.74, 6) is -1.74. The number of carboxylic acids is 1. The molecule has 1 fully saturated rings. The smallest absolute Gasteiger partial charge is 0.331 e. The molecule has 0 radical (unpaired) electrons. The van der Waals surface area contributed by atoms with Crippen molar-refractivity contribution in [2.75, 3.05) is 39.5 Å². The van der Waals surface area contributed by atoms with Crippen molar-refractivity contribution < 1.29 is 24.2 Å². The second kappa shape index (κ2) is 11.3. The predicted octanol–water partition coefficient (Wildman–Crippen LogP) is 1.45. The summed E-state index contributed by atoms with van der Waals surface area (Å²) >= 11 is 0. The Kier molecular flexibility index (Phi) is 9.48. The normalized spacial score (nSPS) is 16.2. The van der Waals surface area contributed by atoms with Crippen LogP contribution in [-0.2, 0) is 19.1 Å². The molecule has 0 amide bonds. The summed E-state index contributed by atoms with van der Waals surface area (Å²) in [5, 5.41) is 8.34. The highest BCUT2D eigenvalue weighted by Crippen LogP contribution is 2.06. The van der Waals surface area contributed by atoms with Crippen LogP contribution >= 0.6 is 0 Å². The van der Waals surface area contributed by atoms with Crippen LogP contribution < -0.4 is 0 Å². The highest BCUT2D eigenvalue weighted by Gasteiger charge is 2.08. The summed E-state index contributed by atoms with van der Waals surface area (Å²) < 4.78 is 10.2. The van der Waals surface area contributed by atoms with Gasteiger partial charge in [-0.15, -0.1) is 0 Å². The van der Waals surface area contributed by atoms with Gasteiger partial charge in [0.1, 0.15) is 0 Å². The standard InChI is InChI=1S/C15H25NO5/c17-14(18)6-7-15(19)21-11-5-3-1-2-4-8-16-9-12-20-13-10-16/h6-7H,1-5,8-13H2,(H,17,18). The third-order valence-corrected chi connectivity index (χ3v) is 3.33. The Morgan fingerprint density at radius 1 is 1.05 bits per heavy atom. The zero-order chi connectivity index (χ0) is 15.3. The van der Waals surface area contributed by atoms with Gasteiger partial charge >= 0.3 is 11.9 Å². The van der Waals surface area contributed by atoms with Gasteiger partial charge in [0.15, 0.2) is 0 Å². The molecule has 1 N–H and O–H groups in total. The molecule has 0 aliphatic carbocycles. The predicted molar refractivity (Wildman–Crippen MR) is 78.1 cm³/mol. The van der Waals surface area contributed by atoms with Gasteiger partial charge in [0.2, 0.25) is 0 Å². The molecule has 0 aromatic heterocycles. The Balaban J connectivity index is 1.86. The minimum atomic E-state index is -1.15. The molecule has 1 aliphatic heterocycles. The molecule has 1 aliphatic rings. The molecule has 0 aromatic carbocycles. The van der Waals surface area contributed by atoms with E-state index in [2.05, 4.69) is 4.90 Å². The minimum Gasteiger partial charge on any atom is -0.478 e. The number of hydrogen-bond donors (Lipinski definition) is 1. The molecule has 0 aromatic rings. The lowest BCUT2D eigenvalue weighted by atomic mass is 10.1. The topological polar surface area (TPSA) is 76.1 Å². The molecule has 6 heteroatoms. The molecule has 0 bridgehead atoms. The van der Waals surface area contributed by atoms with Crippen LogP contribution in [0.15, 0.2) is 12.2 Å². The molecule has 120 valence electrons. The summed E-state index contributed by atoms with van der Waals surface area (Å²) in [5.41, 5.74) is 0. The van der Waals surface area contributed by atoms with E-state index < -0.39 is 11.9 Å². The van der Waals surface area contributed by atoms with Crippen molar-refractivity contribution in [3.05, 3.63) is 12.2 Å². The number of esters is 1. The summed E-state index contributed by atoms with van der Waals surface area (Å²) in [6, 6.07) is 0. The average molecular weight is 299 g/mol. The van der Waals surface area contributed by atoms with Crippen LogP contribution in [-0.4, -0.2) is 61.4 Å². The quantitative estimate of drug-likeness (QED) is 0.374. The monoisotopic (exact) mass is 299 g/mol. The fourth-order valence-corrected chi connectivity index (χ4v) is 2.15.